The molecule has 3 rings (SSSR count). The summed E-state index contributed by atoms with van der Waals surface area (Å²) >= 11 is 0. The Kier molecular flexibility index (Phi) is 9.98. The lowest BCUT2D eigenvalue weighted by Gasteiger charge is -2.26. The fourth-order valence-electron chi connectivity index (χ4n) is 3.81. The topological polar surface area (TPSA) is 45.2 Å². The van der Waals surface area contributed by atoms with Crippen molar-refractivity contribution in [1.29, 1.82) is 0 Å². The van der Waals surface area contributed by atoms with Crippen molar-refractivity contribution in [2.75, 3.05) is 19.6 Å². The monoisotopic (exact) mass is 445 g/mol. The van der Waals surface area contributed by atoms with Gasteiger partial charge in [-0.05, 0) is 60.7 Å². The molecular weight excluding hydrogens is 406 g/mol. The summed E-state index contributed by atoms with van der Waals surface area (Å²) in [6.45, 7) is 14.2. The first kappa shape index (κ1) is 25.0. The maximum atomic E-state index is 4.70. The molecule has 0 amide bonds. The zero-order valence-corrected chi connectivity index (χ0v) is 20.8. The summed E-state index contributed by atoms with van der Waals surface area (Å²) in [5.41, 5.74) is 7.20. The number of likely N-dealkylation sites (N-methyl/N-ethyl adjacent to an activating group) is 1. The second-order valence-electron chi connectivity index (χ2n) is 8.61. The number of aromatic nitrogens is 3. The van der Waals surface area contributed by atoms with Gasteiger partial charge in [0.1, 0.15) is 0 Å². The predicted octanol–water partition coefficient (Wildman–Crippen LogP) is 5.08. The molecule has 176 valence electrons. The van der Waals surface area contributed by atoms with Gasteiger partial charge in [0.05, 0.1) is 17.1 Å². The minimum Gasteiger partial charge on any atom is -0.297 e. The van der Waals surface area contributed by atoms with Gasteiger partial charge in [0.25, 0.3) is 0 Å². The largest absolute Gasteiger partial charge is 0.297 e. The van der Waals surface area contributed by atoms with E-state index in [0.29, 0.717) is 0 Å². The molecule has 0 aliphatic carbocycles. The first-order valence-corrected chi connectivity index (χ1v) is 12.4. The maximum absolute atomic E-state index is 4.70. The second kappa shape index (κ2) is 13.2. The molecule has 0 aliphatic rings. The van der Waals surface area contributed by atoms with E-state index in [9.17, 15) is 0 Å². The van der Waals surface area contributed by atoms with Gasteiger partial charge in [0.2, 0.25) is 0 Å². The van der Waals surface area contributed by atoms with Gasteiger partial charge in [0.15, 0.2) is 0 Å². The fraction of sp³-hybridized carbons (Fsp3) is 0.464. The third kappa shape index (κ3) is 8.02. The standard InChI is InChI=1S/C28H39N5/c1-5-23-9-12-26(29-17-23)20-32(8-4)15-16-33(21-27-13-10-24(6-2)18-30-27)22-28-14-11-25(7-3)19-31-28/h9-14,17-19H,5-8,15-16,20-22H2,1-4H3. The average molecular weight is 446 g/mol. The molecule has 0 atom stereocenters. The van der Waals surface area contributed by atoms with E-state index < -0.39 is 0 Å². The Labute approximate surface area is 199 Å². The zero-order chi connectivity index (χ0) is 23.5. The number of aryl methyl sites for hydroxylation is 3. The molecule has 0 unspecified atom stereocenters. The van der Waals surface area contributed by atoms with Gasteiger partial charge in [-0.1, -0.05) is 45.9 Å². The van der Waals surface area contributed by atoms with Crippen molar-refractivity contribution in [1.82, 2.24) is 24.8 Å². The Hall–Kier alpha value is -2.63. The molecule has 3 aromatic heterocycles. The quantitative estimate of drug-likeness (QED) is 0.367. The van der Waals surface area contributed by atoms with Gasteiger partial charge >= 0.3 is 0 Å². The lowest BCUT2D eigenvalue weighted by molar-refractivity contribution is 0.189. The van der Waals surface area contributed by atoms with Crippen molar-refractivity contribution in [3.63, 3.8) is 0 Å². The van der Waals surface area contributed by atoms with Gasteiger partial charge in [-0.2, -0.15) is 0 Å². The highest BCUT2D eigenvalue weighted by Gasteiger charge is 2.12. The van der Waals surface area contributed by atoms with Crippen LogP contribution in [0.25, 0.3) is 0 Å². The number of nitrogens with zero attached hydrogens (tertiary/aromatic N) is 5. The third-order valence-corrected chi connectivity index (χ3v) is 6.22. The van der Waals surface area contributed by atoms with Crippen LogP contribution in [0.5, 0.6) is 0 Å². The number of pyridine rings is 3. The van der Waals surface area contributed by atoms with Gasteiger partial charge in [-0.25, -0.2) is 0 Å². The summed E-state index contributed by atoms with van der Waals surface area (Å²) in [5.74, 6) is 0. The van der Waals surface area contributed by atoms with Crippen molar-refractivity contribution >= 4 is 0 Å². The van der Waals surface area contributed by atoms with E-state index in [0.717, 1.165) is 75.6 Å². The molecule has 0 radical (unpaired) electrons. The summed E-state index contributed by atoms with van der Waals surface area (Å²) in [6.07, 6.45) is 9.08. The maximum Gasteiger partial charge on any atom is 0.0544 e. The van der Waals surface area contributed by atoms with Crippen molar-refractivity contribution in [2.24, 2.45) is 0 Å². The summed E-state index contributed by atoms with van der Waals surface area (Å²) in [5, 5.41) is 0. The molecule has 0 saturated heterocycles. The third-order valence-electron chi connectivity index (χ3n) is 6.22. The van der Waals surface area contributed by atoms with Gasteiger partial charge in [-0.3, -0.25) is 24.8 Å². The van der Waals surface area contributed by atoms with Crippen LogP contribution in [0, 0.1) is 0 Å². The number of hydrogen-bond acceptors (Lipinski definition) is 5. The van der Waals surface area contributed by atoms with Gasteiger partial charge in [-0.15, -0.1) is 0 Å². The highest BCUT2D eigenvalue weighted by Crippen LogP contribution is 2.11. The van der Waals surface area contributed by atoms with Crippen LogP contribution in [-0.2, 0) is 38.9 Å². The van der Waals surface area contributed by atoms with Crippen LogP contribution in [0.3, 0.4) is 0 Å². The van der Waals surface area contributed by atoms with Crippen LogP contribution < -0.4 is 0 Å². The predicted molar refractivity (Wildman–Crippen MR) is 136 cm³/mol. The van der Waals surface area contributed by atoms with Crippen molar-refractivity contribution in [2.45, 2.75) is 66.6 Å². The van der Waals surface area contributed by atoms with Crippen molar-refractivity contribution in [3.05, 3.63) is 88.8 Å². The molecule has 0 aliphatic heterocycles. The molecule has 0 N–H and O–H groups in total. The lowest BCUT2D eigenvalue weighted by Crippen LogP contribution is -2.35. The molecule has 0 bridgehead atoms. The fourth-order valence-corrected chi connectivity index (χ4v) is 3.81. The normalized spacial score (nSPS) is 11.5. The first-order valence-electron chi connectivity index (χ1n) is 12.4. The number of hydrogen-bond donors (Lipinski definition) is 0. The zero-order valence-electron chi connectivity index (χ0n) is 20.8. The molecule has 0 saturated carbocycles. The Morgan fingerprint density at radius 2 is 0.879 bits per heavy atom. The summed E-state index contributed by atoms with van der Waals surface area (Å²) in [7, 11) is 0. The highest BCUT2D eigenvalue weighted by atomic mass is 15.2. The van der Waals surface area contributed by atoms with E-state index in [1.54, 1.807) is 0 Å². The van der Waals surface area contributed by atoms with Crippen molar-refractivity contribution < 1.29 is 0 Å². The van der Waals surface area contributed by atoms with Gasteiger partial charge < -0.3 is 0 Å². The molecule has 0 spiro atoms. The van der Waals surface area contributed by atoms with Crippen molar-refractivity contribution in [3.8, 4) is 0 Å². The Morgan fingerprint density at radius 3 is 1.18 bits per heavy atom. The number of rotatable bonds is 13. The van der Waals surface area contributed by atoms with E-state index in [1.165, 1.54) is 16.7 Å². The van der Waals surface area contributed by atoms with Gasteiger partial charge in [0, 0.05) is 51.3 Å². The van der Waals surface area contributed by atoms with E-state index >= 15 is 0 Å². The van der Waals surface area contributed by atoms with E-state index in [2.05, 4.69) is 78.9 Å². The van der Waals surface area contributed by atoms with Crippen LogP contribution in [0.1, 0.15) is 61.5 Å². The second-order valence-corrected chi connectivity index (χ2v) is 8.61. The SMILES string of the molecule is CCc1ccc(CN(CC)CCN(Cc2ccc(CC)cn2)Cc2ccc(CC)cn2)nc1. The highest BCUT2D eigenvalue weighted by molar-refractivity contribution is 5.16. The Morgan fingerprint density at radius 1 is 0.515 bits per heavy atom. The summed E-state index contributed by atoms with van der Waals surface area (Å²) in [6, 6.07) is 13.1. The smallest absolute Gasteiger partial charge is 0.0544 e. The lowest BCUT2D eigenvalue weighted by atomic mass is 10.2. The van der Waals surface area contributed by atoms with E-state index in [4.69, 9.17) is 9.97 Å². The molecule has 0 fully saturated rings. The molecule has 3 heterocycles. The Balaban J connectivity index is 1.66. The molecular formula is C28H39N5. The van der Waals surface area contributed by atoms with E-state index in [-0.39, 0.29) is 0 Å². The molecule has 3 aromatic rings. The molecule has 5 nitrogen and oxygen atoms in total. The van der Waals surface area contributed by atoms with Crippen LogP contribution in [0.4, 0.5) is 0 Å². The van der Waals surface area contributed by atoms with Crippen LogP contribution in [0.2, 0.25) is 0 Å². The van der Waals surface area contributed by atoms with Crippen LogP contribution >= 0.6 is 0 Å². The van der Waals surface area contributed by atoms with Crippen LogP contribution in [-0.4, -0.2) is 44.4 Å². The van der Waals surface area contributed by atoms with Crippen LogP contribution in [0.15, 0.2) is 55.0 Å². The Bertz CT molecular complexity index is 886. The van der Waals surface area contributed by atoms with E-state index in [1.807, 2.05) is 18.6 Å². The summed E-state index contributed by atoms with van der Waals surface area (Å²) in [4.78, 5) is 19.0. The molecule has 0 aromatic carbocycles. The molecule has 5 heteroatoms. The minimum absolute atomic E-state index is 0.822. The summed E-state index contributed by atoms with van der Waals surface area (Å²) < 4.78 is 0. The molecule has 33 heavy (non-hydrogen) atoms. The minimum atomic E-state index is 0.822. The average Bonchev–Trinajstić information content (AvgIpc) is 2.87. The first-order chi connectivity index (χ1) is 16.1.